The summed E-state index contributed by atoms with van der Waals surface area (Å²) >= 11 is 0. The third kappa shape index (κ3) is 5.53. The van der Waals surface area contributed by atoms with Gasteiger partial charge in [0, 0.05) is 6.42 Å². The van der Waals surface area contributed by atoms with Crippen LogP contribution in [-0.2, 0) is 4.79 Å². The smallest absolute Gasteiger partial charge is 0.303 e. The highest BCUT2D eigenvalue weighted by Crippen LogP contribution is 2.32. The van der Waals surface area contributed by atoms with E-state index < -0.39 is 5.97 Å². The van der Waals surface area contributed by atoms with E-state index in [-0.39, 0.29) is 5.41 Å². The lowest BCUT2D eigenvalue weighted by molar-refractivity contribution is -0.137. The van der Waals surface area contributed by atoms with E-state index in [1.165, 1.54) is 25.9 Å². The van der Waals surface area contributed by atoms with E-state index >= 15 is 0 Å². The maximum absolute atomic E-state index is 10.7. The first-order valence-electron chi connectivity index (χ1n) is 6.84. The molecule has 0 aromatic heterocycles. The highest BCUT2D eigenvalue weighted by molar-refractivity contribution is 5.66. The quantitative estimate of drug-likeness (QED) is 0.777. The van der Waals surface area contributed by atoms with E-state index in [0.29, 0.717) is 12.3 Å². The van der Waals surface area contributed by atoms with Crippen LogP contribution in [0.2, 0.25) is 0 Å². The van der Waals surface area contributed by atoms with Gasteiger partial charge in [0.05, 0.1) is 0 Å². The SMILES string of the molecule is CC(C)(C)C(CCC(=O)O)CCN1CCCC1. The Kier molecular flexibility index (Phi) is 5.44. The second kappa shape index (κ2) is 6.39. The van der Waals surface area contributed by atoms with Gasteiger partial charge in [0.15, 0.2) is 0 Å². The van der Waals surface area contributed by atoms with E-state index in [9.17, 15) is 4.79 Å². The maximum Gasteiger partial charge on any atom is 0.303 e. The topological polar surface area (TPSA) is 40.5 Å². The zero-order valence-corrected chi connectivity index (χ0v) is 11.5. The van der Waals surface area contributed by atoms with Gasteiger partial charge in [0.25, 0.3) is 0 Å². The van der Waals surface area contributed by atoms with Crippen molar-refractivity contribution in [1.82, 2.24) is 4.90 Å². The lowest BCUT2D eigenvalue weighted by Gasteiger charge is -2.32. The Morgan fingerprint density at radius 3 is 2.29 bits per heavy atom. The lowest BCUT2D eigenvalue weighted by Crippen LogP contribution is -2.28. The second-order valence-electron chi connectivity index (χ2n) is 6.33. The Morgan fingerprint density at radius 1 is 1.24 bits per heavy atom. The summed E-state index contributed by atoms with van der Waals surface area (Å²) in [5.41, 5.74) is 0.217. The molecule has 1 saturated heterocycles. The van der Waals surface area contributed by atoms with Crippen LogP contribution in [0, 0.1) is 11.3 Å². The molecule has 1 atom stereocenters. The molecule has 100 valence electrons. The van der Waals surface area contributed by atoms with Gasteiger partial charge in [0.1, 0.15) is 0 Å². The first-order valence-corrected chi connectivity index (χ1v) is 6.84. The molecule has 1 unspecified atom stereocenters. The molecule has 1 rings (SSSR count). The molecule has 0 saturated carbocycles. The molecule has 0 bridgehead atoms. The molecule has 17 heavy (non-hydrogen) atoms. The van der Waals surface area contributed by atoms with Gasteiger partial charge in [-0.05, 0) is 56.7 Å². The van der Waals surface area contributed by atoms with Gasteiger partial charge < -0.3 is 10.0 Å². The first kappa shape index (κ1) is 14.5. The summed E-state index contributed by atoms with van der Waals surface area (Å²) in [6.45, 7) is 10.3. The van der Waals surface area contributed by atoms with Crippen molar-refractivity contribution in [2.24, 2.45) is 11.3 Å². The van der Waals surface area contributed by atoms with Crippen LogP contribution in [0.3, 0.4) is 0 Å². The minimum Gasteiger partial charge on any atom is -0.481 e. The van der Waals surface area contributed by atoms with Crippen molar-refractivity contribution in [3.63, 3.8) is 0 Å². The number of carboxylic acids is 1. The van der Waals surface area contributed by atoms with Crippen LogP contribution in [0.5, 0.6) is 0 Å². The molecule has 1 aliphatic heterocycles. The van der Waals surface area contributed by atoms with Crippen LogP contribution in [0.4, 0.5) is 0 Å². The summed E-state index contributed by atoms with van der Waals surface area (Å²) in [6, 6.07) is 0. The summed E-state index contributed by atoms with van der Waals surface area (Å²) in [4.78, 5) is 13.2. The number of carboxylic acid groups (broad SMARTS) is 1. The molecular weight excluding hydrogens is 214 g/mol. The Morgan fingerprint density at radius 2 is 1.82 bits per heavy atom. The fourth-order valence-electron chi connectivity index (χ4n) is 2.65. The van der Waals surface area contributed by atoms with Crippen LogP contribution >= 0.6 is 0 Å². The van der Waals surface area contributed by atoms with E-state index in [1.54, 1.807) is 0 Å². The lowest BCUT2D eigenvalue weighted by atomic mass is 9.76. The summed E-state index contributed by atoms with van der Waals surface area (Å²) in [5.74, 6) is -0.153. The summed E-state index contributed by atoms with van der Waals surface area (Å²) in [5, 5.41) is 8.80. The Balaban J connectivity index is 2.37. The van der Waals surface area contributed by atoms with E-state index in [4.69, 9.17) is 5.11 Å². The van der Waals surface area contributed by atoms with E-state index in [0.717, 1.165) is 19.4 Å². The average molecular weight is 241 g/mol. The predicted molar refractivity (Wildman–Crippen MR) is 70.1 cm³/mol. The number of hydrogen-bond acceptors (Lipinski definition) is 2. The fourth-order valence-corrected chi connectivity index (χ4v) is 2.65. The van der Waals surface area contributed by atoms with Crippen molar-refractivity contribution in [2.45, 2.75) is 52.9 Å². The molecule has 1 N–H and O–H groups in total. The molecule has 0 aromatic rings. The van der Waals surface area contributed by atoms with Crippen molar-refractivity contribution >= 4 is 5.97 Å². The van der Waals surface area contributed by atoms with E-state index in [1.807, 2.05) is 0 Å². The van der Waals surface area contributed by atoms with Gasteiger partial charge in [-0.3, -0.25) is 4.79 Å². The number of carbonyl (C=O) groups is 1. The highest BCUT2D eigenvalue weighted by atomic mass is 16.4. The minimum atomic E-state index is -0.666. The molecule has 0 amide bonds. The molecule has 1 heterocycles. The van der Waals surface area contributed by atoms with Gasteiger partial charge >= 0.3 is 5.97 Å². The van der Waals surface area contributed by atoms with Crippen LogP contribution in [0.15, 0.2) is 0 Å². The molecular formula is C14H27NO2. The van der Waals surface area contributed by atoms with Gasteiger partial charge in [-0.15, -0.1) is 0 Å². The van der Waals surface area contributed by atoms with Gasteiger partial charge in [-0.1, -0.05) is 20.8 Å². The van der Waals surface area contributed by atoms with Crippen molar-refractivity contribution in [3.05, 3.63) is 0 Å². The molecule has 0 aromatic carbocycles. The Labute approximate surface area is 105 Å². The first-order chi connectivity index (χ1) is 7.89. The third-order valence-corrected chi connectivity index (χ3v) is 3.92. The van der Waals surface area contributed by atoms with Crippen molar-refractivity contribution < 1.29 is 9.90 Å². The monoisotopic (exact) mass is 241 g/mol. The van der Waals surface area contributed by atoms with Gasteiger partial charge in [-0.2, -0.15) is 0 Å². The number of rotatable bonds is 6. The number of aliphatic carboxylic acids is 1. The van der Waals surface area contributed by atoms with Crippen LogP contribution < -0.4 is 0 Å². The molecule has 3 heteroatoms. The van der Waals surface area contributed by atoms with Crippen LogP contribution in [0.1, 0.15) is 52.9 Å². The Hall–Kier alpha value is -0.570. The number of hydrogen-bond donors (Lipinski definition) is 1. The fraction of sp³-hybridized carbons (Fsp3) is 0.929. The standard InChI is InChI=1S/C14H27NO2/c1-14(2,3)12(6-7-13(16)17)8-11-15-9-4-5-10-15/h12H,4-11H2,1-3H3,(H,16,17). The highest BCUT2D eigenvalue weighted by Gasteiger charge is 2.25. The third-order valence-electron chi connectivity index (χ3n) is 3.92. The molecule has 3 nitrogen and oxygen atoms in total. The van der Waals surface area contributed by atoms with Crippen LogP contribution in [-0.4, -0.2) is 35.6 Å². The summed E-state index contributed by atoms with van der Waals surface area (Å²) in [6.07, 6.45) is 4.91. The predicted octanol–water partition coefficient (Wildman–Crippen LogP) is 3.00. The summed E-state index contributed by atoms with van der Waals surface area (Å²) < 4.78 is 0. The zero-order valence-electron chi connectivity index (χ0n) is 11.5. The normalized spacial score (nSPS) is 19.5. The van der Waals surface area contributed by atoms with Crippen LogP contribution in [0.25, 0.3) is 0 Å². The van der Waals surface area contributed by atoms with Gasteiger partial charge in [0.2, 0.25) is 0 Å². The largest absolute Gasteiger partial charge is 0.481 e. The van der Waals surface area contributed by atoms with Gasteiger partial charge in [-0.25, -0.2) is 0 Å². The molecule has 0 aliphatic carbocycles. The minimum absolute atomic E-state index is 0.217. The summed E-state index contributed by atoms with van der Waals surface area (Å²) in [7, 11) is 0. The molecule has 0 spiro atoms. The zero-order chi connectivity index (χ0) is 12.9. The van der Waals surface area contributed by atoms with Crippen molar-refractivity contribution in [1.29, 1.82) is 0 Å². The van der Waals surface area contributed by atoms with Crippen molar-refractivity contribution in [3.8, 4) is 0 Å². The number of likely N-dealkylation sites (tertiary alicyclic amines) is 1. The maximum atomic E-state index is 10.7. The molecule has 1 aliphatic rings. The van der Waals surface area contributed by atoms with Crippen molar-refractivity contribution in [2.75, 3.05) is 19.6 Å². The average Bonchev–Trinajstić information content (AvgIpc) is 2.67. The molecule has 0 radical (unpaired) electrons. The Bertz CT molecular complexity index is 239. The number of nitrogens with zero attached hydrogens (tertiary/aromatic N) is 1. The second-order valence-corrected chi connectivity index (χ2v) is 6.33. The molecule has 1 fully saturated rings. The van der Waals surface area contributed by atoms with E-state index in [2.05, 4.69) is 25.7 Å².